The number of aliphatic hydroxyl groups excluding tert-OH is 1. The van der Waals surface area contributed by atoms with E-state index in [1.807, 2.05) is 0 Å². The fourth-order valence-corrected chi connectivity index (χ4v) is 12.0. The van der Waals surface area contributed by atoms with Gasteiger partial charge in [0.05, 0.1) is 18.1 Å². The Hall–Kier alpha value is -2.60. The molecule has 0 spiro atoms. The van der Waals surface area contributed by atoms with Gasteiger partial charge in [0.2, 0.25) is 0 Å². The summed E-state index contributed by atoms with van der Waals surface area (Å²) in [6.45, 7) is 14.5. The number of carboxylic acid groups (broad SMARTS) is 1. The fraction of sp³-hybridized carbons (Fsp3) is 0.692. The first-order valence-corrected chi connectivity index (χ1v) is 17.4. The van der Waals surface area contributed by atoms with E-state index in [-0.39, 0.29) is 57.9 Å². The van der Waals surface area contributed by atoms with Crippen LogP contribution in [-0.2, 0) is 14.3 Å². The number of aliphatic carboxylic acids is 1. The number of aromatic hydroxyl groups is 1. The van der Waals surface area contributed by atoms with E-state index in [1.165, 1.54) is 11.6 Å². The second-order valence-electron chi connectivity index (χ2n) is 16.8. The van der Waals surface area contributed by atoms with Crippen LogP contribution in [0, 0.1) is 56.7 Å². The van der Waals surface area contributed by atoms with Crippen molar-refractivity contribution in [2.24, 2.45) is 56.7 Å². The maximum Gasteiger partial charge on any atom is 0.330 e. The number of fused-ring (bicyclic) bond motifs is 7. The molecule has 3 N–H and O–H groups in total. The minimum atomic E-state index is -0.773. The number of carboxylic acids is 1. The first-order valence-electron chi connectivity index (χ1n) is 17.4. The molecule has 45 heavy (non-hydrogen) atoms. The SMILES string of the molecule is CC1C(COC(=O)C=Cc2ccc(O)cc2)CCC2(C(=O)O)CCC3(C)C(=CCC4C5(C)CCC(O)C(C)(C)C5CCC43C)C12. The molecule has 0 aliphatic heterocycles. The zero-order valence-electron chi connectivity index (χ0n) is 28.1. The molecule has 0 bridgehead atoms. The van der Waals surface area contributed by atoms with E-state index in [0.717, 1.165) is 50.5 Å². The second kappa shape index (κ2) is 11.0. The molecule has 6 rings (SSSR count). The lowest BCUT2D eigenvalue weighted by Gasteiger charge is -2.71. The van der Waals surface area contributed by atoms with Crippen LogP contribution in [0.4, 0.5) is 0 Å². The molecular formula is C39H54O6. The monoisotopic (exact) mass is 618 g/mol. The first kappa shape index (κ1) is 32.3. The number of rotatable bonds is 5. The number of esters is 1. The Morgan fingerprint density at radius 3 is 2.33 bits per heavy atom. The predicted molar refractivity (Wildman–Crippen MR) is 175 cm³/mol. The number of benzene rings is 1. The highest BCUT2D eigenvalue weighted by atomic mass is 16.5. The molecule has 1 aromatic carbocycles. The van der Waals surface area contributed by atoms with Crippen LogP contribution in [0.15, 0.2) is 42.0 Å². The van der Waals surface area contributed by atoms with Crippen molar-refractivity contribution in [3.63, 3.8) is 0 Å². The van der Waals surface area contributed by atoms with Crippen molar-refractivity contribution >= 4 is 18.0 Å². The van der Waals surface area contributed by atoms with Gasteiger partial charge in [0.15, 0.2) is 0 Å². The molecule has 4 saturated carbocycles. The summed E-state index contributed by atoms with van der Waals surface area (Å²) >= 11 is 0. The van der Waals surface area contributed by atoms with E-state index in [4.69, 9.17) is 4.74 Å². The normalized spacial score (nSPS) is 43.7. The Morgan fingerprint density at radius 1 is 0.933 bits per heavy atom. The number of carbonyl (C=O) groups is 2. The maximum absolute atomic E-state index is 13.2. The van der Waals surface area contributed by atoms with E-state index in [1.54, 1.807) is 30.3 Å². The molecule has 6 nitrogen and oxygen atoms in total. The molecule has 0 heterocycles. The van der Waals surface area contributed by atoms with Gasteiger partial charge in [-0.3, -0.25) is 4.79 Å². The molecule has 0 saturated heterocycles. The summed E-state index contributed by atoms with van der Waals surface area (Å²) in [6.07, 6.45) is 13.4. The summed E-state index contributed by atoms with van der Waals surface area (Å²) < 4.78 is 5.78. The molecule has 6 heteroatoms. The molecule has 1 aromatic rings. The topological polar surface area (TPSA) is 104 Å². The van der Waals surface area contributed by atoms with Gasteiger partial charge in [-0.1, -0.05) is 65.3 Å². The van der Waals surface area contributed by atoms with Crippen LogP contribution in [0.5, 0.6) is 5.75 Å². The van der Waals surface area contributed by atoms with E-state index in [0.29, 0.717) is 24.7 Å². The number of aliphatic hydroxyl groups is 1. The number of carbonyl (C=O) groups excluding carboxylic acids is 1. The Labute approximate surface area is 269 Å². The summed E-state index contributed by atoms with van der Waals surface area (Å²) in [7, 11) is 0. The Morgan fingerprint density at radius 2 is 1.64 bits per heavy atom. The number of hydrogen-bond donors (Lipinski definition) is 3. The van der Waals surface area contributed by atoms with Crippen LogP contribution in [0.1, 0.15) is 105 Å². The molecule has 0 amide bonds. The zero-order chi connectivity index (χ0) is 32.6. The number of allylic oxidation sites excluding steroid dienone is 2. The van der Waals surface area contributed by atoms with E-state index >= 15 is 0 Å². The van der Waals surface area contributed by atoms with Crippen molar-refractivity contribution in [3.05, 3.63) is 47.6 Å². The fourth-order valence-electron chi connectivity index (χ4n) is 12.0. The third-order valence-electron chi connectivity index (χ3n) is 14.9. The van der Waals surface area contributed by atoms with Crippen molar-refractivity contribution in [1.82, 2.24) is 0 Å². The zero-order valence-corrected chi connectivity index (χ0v) is 28.1. The maximum atomic E-state index is 13.2. The summed E-state index contributed by atoms with van der Waals surface area (Å²) in [4.78, 5) is 25.9. The number of phenols is 1. The molecule has 5 aliphatic rings. The molecule has 4 fully saturated rings. The lowest BCUT2D eigenvalue weighted by Crippen LogP contribution is -2.65. The third kappa shape index (κ3) is 4.74. The average molecular weight is 619 g/mol. The van der Waals surface area contributed by atoms with Crippen molar-refractivity contribution < 1.29 is 29.6 Å². The van der Waals surface area contributed by atoms with E-state index in [2.05, 4.69) is 47.6 Å². The number of hydrogen-bond acceptors (Lipinski definition) is 5. The van der Waals surface area contributed by atoms with Crippen molar-refractivity contribution in [3.8, 4) is 5.75 Å². The van der Waals surface area contributed by atoms with Crippen LogP contribution in [-0.4, -0.2) is 40.0 Å². The summed E-state index contributed by atoms with van der Waals surface area (Å²) in [6, 6.07) is 6.64. The highest BCUT2D eigenvalue weighted by molar-refractivity contribution is 5.87. The smallest absolute Gasteiger partial charge is 0.330 e. The van der Waals surface area contributed by atoms with Gasteiger partial charge in [-0.15, -0.1) is 0 Å². The van der Waals surface area contributed by atoms with Crippen molar-refractivity contribution in [2.75, 3.05) is 6.61 Å². The van der Waals surface area contributed by atoms with E-state index < -0.39 is 17.4 Å². The highest BCUT2D eigenvalue weighted by Gasteiger charge is 2.69. The predicted octanol–water partition coefficient (Wildman–Crippen LogP) is 8.03. The Bertz CT molecular complexity index is 1390. The van der Waals surface area contributed by atoms with E-state index in [9.17, 15) is 24.9 Å². The molecule has 10 atom stereocenters. The van der Waals surface area contributed by atoms with Gasteiger partial charge in [-0.05, 0) is 133 Å². The van der Waals surface area contributed by atoms with Gasteiger partial charge in [0, 0.05) is 6.08 Å². The first-order chi connectivity index (χ1) is 21.1. The molecule has 0 radical (unpaired) electrons. The van der Waals surface area contributed by atoms with Crippen LogP contribution in [0.25, 0.3) is 6.08 Å². The molecule has 5 aliphatic carbocycles. The molecular weight excluding hydrogens is 564 g/mol. The van der Waals surface area contributed by atoms with Crippen molar-refractivity contribution in [2.45, 2.75) is 105 Å². The van der Waals surface area contributed by atoms with Gasteiger partial charge in [0.1, 0.15) is 5.75 Å². The Kier molecular flexibility index (Phi) is 7.90. The largest absolute Gasteiger partial charge is 0.508 e. The molecule has 246 valence electrons. The minimum absolute atomic E-state index is 0.0590. The quantitative estimate of drug-likeness (QED) is 0.175. The van der Waals surface area contributed by atoms with Gasteiger partial charge < -0.3 is 20.1 Å². The number of phenolic OH excluding ortho intramolecular Hbond substituents is 1. The number of ether oxygens (including phenoxy) is 1. The van der Waals surface area contributed by atoms with Crippen LogP contribution >= 0.6 is 0 Å². The standard InChI is InChI=1S/C39H54O6/c1-24-26(23-45-32(42)14-9-25-7-10-27(40)11-8-25)15-20-39(34(43)44)22-21-37(5)28(33(24)39)12-13-30-36(4)18-17-31(41)35(2,3)29(36)16-19-38(30,37)6/h7-12,14,24,26,29-31,33,40-41H,13,15-23H2,1-6H3,(H,43,44). The van der Waals surface area contributed by atoms with Crippen LogP contribution < -0.4 is 0 Å². The molecule has 0 aromatic heterocycles. The summed E-state index contributed by atoms with van der Waals surface area (Å²) in [5, 5.41) is 31.3. The highest BCUT2D eigenvalue weighted by Crippen LogP contribution is 2.75. The third-order valence-corrected chi connectivity index (χ3v) is 14.9. The lowest BCUT2D eigenvalue weighted by atomic mass is 9.33. The second-order valence-corrected chi connectivity index (χ2v) is 16.8. The Balaban J connectivity index is 1.27. The summed E-state index contributed by atoms with van der Waals surface area (Å²) in [5.74, 6) is 0.167. The minimum Gasteiger partial charge on any atom is -0.508 e. The van der Waals surface area contributed by atoms with Crippen molar-refractivity contribution in [1.29, 1.82) is 0 Å². The van der Waals surface area contributed by atoms with Gasteiger partial charge >= 0.3 is 11.9 Å². The summed E-state index contributed by atoms with van der Waals surface area (Å²) in [5.41, 5.74) is 1.40. The van der Waals surface area contributed by atoms with Crippen LogP contribution in [0.2, 0.25) is 0 Å². The average Bonchev–Trinajstić information content (AvgIpc) is 2.98. The molecule has 10 unspecified atom stereocenters. The van der Waals surface area contributed by atoms with Gasteiger partial charge in [0.25, 0.3) is 0 Å². The van der Waals surface area contributed by atoms with Gasteiger partial charge in [-0.2, -0.15) is 0 Å². The van der Waals surface area contributed by atoms with Gasteiger partial charge in [-0.25, -0.2) is 4.79 Å². The lowest BCUT2D eigenvalue weighted by molar-refractivity contribution is -0.207. The van der Waals surface area contributed by atoms with Crippen LogP contribution in [0.3, 0.4) is 0 Å².